The molecule has 1 amide bonds. The van der Waals surface area contributed by atoms with Crippen LogP contribution in [0.2, 0.25) is 0 Å². The zero-order valence-corrected chi connectivity index (χ0v) is 18.0. The summed E-state index contributed by atoms with van der Waals surface area (Å²) >= 11 is 0. The van der Waals surface area contributed by atoms with Gasteiger partial charge in [-0.05, 0) is 42.4 Å². The number of hydrogen-bond acceptors (Lipinski definition) is 8. The number of carbonyl (C=O) groups excluding carboxylic acids is 4. The number of primary amides is 1. The Balaban J connectivity index is 1.93. The third-order valence-corrected chi connectivity index (χ3v) is 6.66. The number of amides is 1. The monoisotopic (exact) mass is 440 g/mol. The number of benzene rings is 1. The number of nitrogens with two attached hydrogens (primary N) is 1. The topological polar surface area (TPSA) is 147 Å². The second-order valence-electron chi connectivity index (χ2n) is 8.62. The molecular weight excluding hydrogens is 416 g/mol. The molecule has 4 N–H and O–H groups in total. The predicted molar refractivity (Wildman–Crippen MR) is 114 cm³/mol. The Bertz CT molecular complexity index is 1150. The minimum atomic E-state index is -1.14. The molecule has 0 saturated heterocycles. The number of nitrogens with zero attached hydrogens (tertiary/aromatic N) is 1. The van der Waals surface area contributed by atoms with Crippen LogP contribution < -0.4 is 10.6 Å². The third kappa shape index (κ3) is 2.99. The van der Waals surface area contributed by atoms with Crippen molar-refractivity contribution in [2.75, 3.05) is 26.1 Å². The first-order valence-corrected chi connectivity index (χ1v) is 10.2. The maximum Gasteiger partial charge on any atom is 0.338 e. The zero-order chi connectivity index (χ0) is 23.5. The molecule has 32 heavy (non-hydrogen) atoms. The number of esters is 1. The van der Waals surface area contributed by atoms with Gasteiger partial charge in [0, 0.05) is 37.3 Å². The molecule has 9 heteroatoms. The molecule has 3 atom stereocenters. The SMILES string of the molecule is COC(=O)c1ccc(N(C)C)c2c1C(O)=C1C(=O)C3C(O)=C(C(N)=O)C(=O)CC3CC1C2. The maximum absolute atomic E-state index is 13.5. The molecule has 3 unspecified atom stereocenters. The second kappa shape index (κ2) is 7.51. The molecule has 9 nitrogen and oxygen atoms in total. The van der Waals surface area contributed by atoms with Crippen molar-refractivity contribution in [3.05, 3.63) is 45.7 Å². The third-order valence-electron chi connectivity index (χ3n) is 6.66. The smallest absolute Gasteiger partial charge is 0.338 e. The van der Waals surface area contributed by atoms with Gasteiger partial charge < -0.3 is 25.6 Å². The highest BCUT2D eigenvalue weighted by Crippen LogP contribution is 2.50. The summed E-state index contributed by atoms with van der Waals surface area (Å²) in [6, 6.07) is 3.30. The first kappa shape index (κ1) is 21.6. The lowest BCUT2D eigenvalue weighted by Gasteiger charge is -2.41. The molecule has 3 aliphatic rings. The first-order chi connectivity index (χ1) is 15.1. The summed E-state index contributed by atoms with van der Waals surface area (Å²) in [4.78, 5) is 51.8. The fourth-order valence-corrected chi connectivity index (χ4v) is 5.34. The van der Waals surface area contributed by atoms with Gasteiger partial charge >= 0.3 is 5.97 Å². The van der Waals surface area contributed by atoms with Crippen LogP contribution in [0.4, 0.5) is 5.69 Å². The van der Waals surface area contributed by atoms with Crippen molar-refractivity contribution in [2.24, 2.45) is 23.5 Å². The number of Topliss-reactive ketones (excluding diaryl/α,β-unsaturated/α-hetero) is 2. The summed E-state index contributed by atoms with van der Waals surface area (Å²) in [5.74, 6) is -5.91. The van der Waals surface area contributed by atoms with Gasteiger partial charge in [-0.15, -0.1) is 0 Å². The molecule has 1 aromatic carbocycles. The quantitative estimate of drug-likeness (QED) is 0.473. The number of fused-ring (bicyclic) bond motifs is 3. The van der Waals surface area contributed by atoms with Crippen molar-refractivity contribution in [1.82, 2.24) is 0 Å². The number of hydrogen-bond donors (Lipinski definition) is 3. The van der Waals surface area contributed by atoms with E-state index in [-0.39, 0.29) is 28.9 Å². The molecule has 0 bridgehead atoms. The minimum absolute atomic E-state index is 0.0844. The van der Waals surface area contributed by atoms with Gasteiger partial charge in [0.2, 0.25) is 0 Å². The van der Waals surface area contributed by atoms with Crippen LogP contribution in [0.25, 0.3) is 5.76 Å². The molecule has 4 rings (SSSR count). The fraction of sp³-hybridized carbons (Fsp3) is 0.391. The van der Waals surface area contributed by atoms with Crippen LogP contribution in [-0.2, 0) is 25.5 Å². The van der Waals surface area contributed by atoms with Crippen molar-refractivity contribution in [3.8, 4) is 0 Å². The number of aliphatic hydroxyl groups excluding tert-OH is 2. The standard InChI is InChI=1S/C23H24N2O7/c1-25(2)13-5-4-11(23(31)32-3)17-12(13)7-9-6-10-8-14(26)18(22(24)30)21(29)16(10)19(27)15(9)20(17)28/h4-5,9-10,16,28-29H,6-8H2,1-3H3,(H2,24,30). The summed E-state index contributed by atoms with van der Waals surface area (Å²) in [6.07, 6.45) is 0.634. The van der Waals surface area contributed by atoms with Crippen molar-refractivity contribution in [2.45, 2.75) is 19.3 Å². The number of methoxy groups -OCH3 is 1. The van der Waals surface area contributed by atoms with Crippen LogP contribution in [-0.4, -0.2) is 54.9 Å². The fourth-order valence-electron chi connectivity index (χ4n) is 5.34. The van der Waals surface area contributed by atoms with Gasteiger partial charge in [-0.25, -0.2) is 4.79 Å². The van der Waals surface area contributed by atoms with Gasteiger partial charge in [0.25, 0.3) is 5.91 Å². The summed E-state index contributed by atoms with van der Waals surface area (Å²) < 4.78 is 4.86. The molecular formula is C23H24N2O7. The van der Waals surface area contributed by atoms with Crippen LogP contribution in [0.1, 0.15) is 34.3 Å². The number of ether oxygens (including phenoxy) is 1. The highest BCUT2D eigenvalue weighted by molar-refractivity contribution is 6.21. The number of aliphatic hydroxyl groups is 2. The lowest BCUT2D eigenvalue weighted by atomic mass is 9.61. The number of anilines is 1. The first-order valence-electron chi connectivity index (χ1n) is 10.2. The Morgan fingerprint density at radius 2 is 1.84 bits per heavy atom. The van der Waals surface area contributed by atoms with E-state index in [9.17, 15) is 29.4 Å². The van der Waals surface area contributed by atoms with Crippen molar-refractivity contribution in [1.29, 1.82) is 0 Å². The van der Waals surface area contributed by atoms with Crippen molar-refractivity contribution in [3.63, 3.8) is 0 Å². The lowest BCUT2D eigenvalue weighted by molar-refractivity contribution is -0.127. The summed E-state index contributed by atoms with van der Waals surface area (Å²) in [5, 5.41) is 21.8. The Morgan fingerprint density at radius 1 is 1.16 bits per heavy atom. The maximum atomic E-state index is 13.5. The van der Waals surface area contributed by atoms with E-state index in [1.54, 1.807) is 6.07 Å². The molecule has 1 saturated carbocycles. The van der Waals surface area contributed by atoms with E-state index in [0.717, 1.165) is 5.69 Å². The number of ketones is 2. The van der Waals surface area contributed by atoms with Gasteiger partial charge in [0.15, 0.2) is 11.6 Å². The summed E-state index contributed by atoms with van der Waals surface area (Å²) in [5.41, 5.74) is 6.62. The van der Waals surface area contributed by atoms with Gasteiger partial charge in [0.05, 0.1) is 18.6 Å². The van der Waals surface area contributed by atoms with Crippen molar-refractivity contribution >= 4 is 34.9 Å². The largest absolute Gasteiger partial charge is 0.511 e. The number of carbonyl (C=O) groups is 4. The van der Waals surface area contributed by atoms with E-state index in [4.69, 9.17) is 10.5 Å². The Labute approximate surface area is 184 Å². The average Bonchev–Trinajstić information content (AvgIpc) is 2.71. The molecule has 0 radical (unpaired) electrons. The average molecular weight is 440 g/mol. The molecule has 1 aromatic rings. The van der Waals surface area contributed by atoms with E-state index >= 15 is 0 Å². The van der Waals surface area contributed by atoms with E-state index < -0.39 is 52.5 Å². The summed E-state index contributed by atoms with van der Waals surface area (Å²) in [7, 11) is 4.90. The number of rotatable bonds is 3. The van der Waals surface area contributed by atoms with Crippen LogP contribution in [0.15, 0.2) is 29.0 Å². The zero-order valence-electron chi connectivity index (χ0n) is 18.0. The van der Waals surface area contributed by atoms with E-state index in [2.05, 4.69) is 0 Å². The van der Waals surface area contributed by atoms with Crippen LogP contribution in [0.5, 0.6) is 0 Å². The number of allylic oxidation sites excluding steroid dienone is 2. The van der Waals surface area contributed by atoms with E-state index in [0.29, 0.717) is 18.4 Å². The highest BCUT2D eigenvalue weighted by Gasteiger charge is 2.51. The van der Waals surface area contributed by atoms with Gasteiger partial charge in [0.1, 0.15) is 17.1 Å². The predicted octanol–water partition coefficient (Wildman–Crippen LogP) is 1.46. The second-order valence-corrected chi connectivity index (χ2v) is 8.62. The molecule has 168 valence electrons. The Morgan fingerprint density at radius 3 is 2.44 bits per heavy atom. The highest BCUT2D eigenvalue weighted by atomic mass is 16.5. The summed E-state index contributed by atoms with van der Waals surface area (Å²) in [6.45, 7) is 0. The molecule has 3 aliphatic carbocycles. The van der Waals surface area contributed by atoms with Crippen LogP contribution in [0.3, 0.4) is 0 Å². The van der Waals surface area contributed by atoms with Gasteiger partial charge in [-0.1, -0.05) is 0 Å². The van der Waals surface area contributed by atoms with E-state index in [1.807, 2.05) is 19.0 Å². The Kier molecular flexibility index (Phi) is 5.07. The Hall–Kier alpha value is -3.62. The minimum Gasteiger partial charge on any atom is -0.511 e. The van der Waals surface area contributed by atoms with Gasteiger partial charge in [-0.2, -0.15) is 0 Å². The normalized spacial score (nSPS) is 24.5. The van der Waals surface area contributed by atoms with E-state index in [1.165, 1.54) is 13.2 Å². The lowest BCUT2D eigenvalue weighted by Crippen LogP contribution is -2.44. The molecule has 0 heterocycles. The molecule has 0 aliphatic heterocycles. The van der Waals surface area contributed by atoms with Gasteiger partial charge in [-0.3, -0.25) is 14.4 Å². The molecule has 1 fully saturated rings. The molecule has 0 spiro atoms. The molecule has 0 aromatic heterocycles. The van der Waals surface area contributed by atoms with Crippen LogP contribution >= 0.6 is 0 Å². The van der Waals surface area contributed by atoms with Crippen LogP contribution in [0, 0.1) is 17.8 Å². The van der Waals surface area contributed by atoms with Crippen molar-refractivity contribution < 1.29 is 34.1 Å².